The first-order valence-electron chi connectivity index (χ1n) is 4.94. The summed E-state index contributed by atoms with van der Waals surface area (Å²) in [6.45, 7) is 4.07. The zero-order valence-electron chi connectivity index (χ0n) is 8.11. The van der Waals surface area contributed by atoms with Crippen LogP contribution in [0.25, 0.3) is 0 Å². The smallest absolute Gasteiger partial charge is 0.131 e. The molecule has 1 aliphatic heterocycles. The molecular formula is C10H19FO. The Morgan fingerprint density at radius 3 is 3.00 bits per heavy atom. The lowest BCUT2D eigenvalue weighted by Gasteiger charge is -2.18. The Morgan fingerprint density at radius 1 is 1.58 bits per heavy atom. The second-order valence-corrected chi connectivity index (χ2v) is 4.03. The molecule has 0 saturated carbocycles. The average Bonchev–Trinajstić information content (AvgIpc) is 2.14. The molecule has 1 aliphatic rings. The maximum Gasteiger partial charge on any atom is 0.131 e. The van der Waals surface area contributed by atoms with Crippen molar-refractivity contribution in [2.45, 2.75) is 57.7 Å². The molecule has 0 bridgehead atoms. The highest BCUT2D eigenvalue weighted by molar-refractivity contribution is 4.77. The molecule has 0 N–H and O–H groups in total. The quantitative estimate of drug-likeness (QED) is 0.625. The van der Waals surface area contributed by atoms with Crippen molar-refractivity contribution >= 4 is 0 Å². The minimum absolute atomic E-state index is 0.289. The van der Waals surface area contributed by atoms with Gasteiger partial charge in [0.15, 0.2) is 0 Å². The minimum atomic E-state index is -1.08. The third-order valence-corrected chi connectivity index (χ3v) is 2.45. The van der Waals surface area contributed by atoms with Crippen LogP contribution in [0, 0.1) is 0 Å². The SMILES string of the molecule is CCCC1CCCC(C)(F)CO1. The van der Waals surface area contributed by atoms with Gasteiger partial charge >= 0.3 is 0 Å². The minimum Gasteiger partial charge on any atom is -0.375 e. The van der Waals surface area contributed by atoms with Gasteiger partial charge in [-0.15, -0.1) is 0 Å². The van der Waals surface area contributed by atoms with E-state index in [-0.39, 0.29) is 6.61 Å². The van der Waals surface area contributed by atoms with Crippen molar-refractivity contribution in [3.63, 3.8) is 0 Å². The van der Waals surface area contributed by atoms with Crippen molar-refractivity contribution in [1.82, 2.24) is 0 Å². The lowest BCUT2D eigenvalue weighted by Crippen LogP contribution is -2.24. The molecule has 1 rings (SSSR count). The van der Waals surface area contributed by atoms with Crippen LogP contribution in [0.5, 0.6) is 0 Å². The maximum absolute atomic E-state index is 13.4. The molecular weight excluding hydrogens is 155 g/mol. The van der Waals surface area contributed by atoms with Gasteiger partial charge in [0.25, 0.3) is 0 Å². The molecule has 1 heterocycles. The summed E-state index contributed by atoms with van der Waals surface area (Å²) >= 11 is 0. The number of halogens is 1. The predicted molar refractivity (Wildman–Crippen MR) is 48.0 cm³/mol. The van der Waals surface area contributed by atoms with E-state index in [1.807, 2.05) is 0 Å². The summed E-state index contributed by atoms with van der Waals surface area (Å²) in [5, 5.41) is 0. The first kappa shape index (κ1) is 9.97. The Bertz CT molecular complexity index is 134. The summed E-state index contributed by atoms with van der Waals surface area (Å²) in [4.78, 5) is 0. The van der Waals surface area contributed by atoms with Crippen molar-refractivity contribution in [2.75, 3.05) is 6.61 Å². The first-order valence-corrected chi connectivity index (χ1v) is 4.94. The second kappa shape index (κ2) is 4.22. The second-order valence-electron chi connectivity index (χ2n) is 4.03. The van der Waals surface area contributed by atoms with Crippen LogP contribution >= 0.6 is 0 Å². The molecule has 72 valence electrons. The molecule has 2 atom stereocenters. The van der Waals surface area contributed by atoms with Crippen molar-refractivity contribution in [2.24, 2.45) is 0 Å². The molecule has 1 fully saturated rings. The van der Waals surface area contributed by atoms with Gasteiger partial charge in [-0.2, -0.15) is 0 Å². The Morgan fingerprint density at radius 2 is 2.33 bits per heavy atom. The van der Waals surface area contributed by atoms with Crippen LogP contribution in [0.15, 0.2) is 0 Å². The summed E-state index contributed by atoms with van der Waals surface area (Å²) in [5.74, 6) is 0. The van der Waals surface area contributed by atoms with Crippen LogP contribution in [0.2, 0.25) is 0 Å². The molecule has 0 spiro atoms. The van der Waals surface area contributed by atoms with Gasteiger partial charge in [-0.05, 0) is 32.6 Å². The number of hydrogen-bond donors (Lipinski definition) is 0. The van der Waals surface area contributed by atoms with E-state index in [0.29, 0.717) is 12.5 Å². The van der Waals surface area contributed by atoms with E-state index >= 15 is 0 Å². The molecule has 0 radical (unpaired) electrons. The van der Waals surface area contributed by atoms with Crippen LogP contribution < -0.4 is 0 Å². The highest BCUT2D eigenvalue weighted by Gasteiger charge is 2.28. The topological polar surface area (TPSA) is 9.23 Å². The predicted octanol–water partition coefficient (Wildman–Crippen LogP) is 3.08. The molecule has 0 aromatic heterocycles. The lowest BCUT2D eigenvalue weighted by molar-refractivity contribution is -0.00777. The van der Waals surface area contributed by atoms with Gasteiger partial charge in [0.05, 0.1) is 12.7 Å². The fraction of sp³-hybridized carbons (Fsp3) is 1.00. The molecule has 0 aliphatic carbocycles. The van der Waals surface area contributed by atoms with E-state index in [4.69, 9.17) is 4.74 Å². The summed E-state index contributed by atoms with van der Waals surface area (Å²) < 4.78 is 18.9. The third-order valence-electron chi connectivity index (χ3n) is 2.45. The number of rotatable bonds is 2. The summed E-state index contributed by atoms with van der Waals surface area (Å²) in [5.41, 5.74) is -1.08. The Kier molecular flexibility index (Phi) is 3.51. The standard InChI is InChI=1S/C10H19FO/c1-3-5-9-6-4-7-10(2,11)8-12-9/h9H,3-8H2,1-2H3. The molecule has 1 saturated heterocycles. The van der Waals surface area contributed by atoms with Crippen molar-refractivity contribution in [3.8, 4) is 0 Å². The zero-order valence-corrected chi connectivity index (χ0v) is 8.11. The average molecular weight is 174 g/mol. The van der Waals surface area contributed by atoms with Gasteiger partial charge in [-0.1, -0.05) is 13.3 Å². The molecule has 2 unspecified atom stereocenters. The van der Waals surface area contributed by atoms with Crippen LogP contribution in [0.4, 0.5) is 4.39 Å². The van der Waals surface area contributed by atoms with E-state index in [1.165, 1.54) is 0 Å². The fourth-order valence-corrected chi connectivity index (χ4v) is 1.70. The molecule has 0 amide bonds. The third kappa shape index (κ3) is 3.10. The van der Waals surface area contributed by atoms with E-state index in [1.54, 1.807) is 6.92 Å². The van der Waals surface area contributed by atoms with Crippen LogP contribution in [0.1, 0.15) is 46.0 Å². The summed E-state index contributed by atoms with van der Waals surface area (Å²) in [6.07, 6.45) is 5.19. The van der Waals surface area contributed by atoms with E-state index < -0.39 is 5.67 Å². The van der Waals surface area contributed by atoms with Crippen molar-refractivity contribution in [1.29, 1.82) is 0 Å². The largest absolute Gasteiger partial charge is 0.375 e. The molecule has 1 nitrogen and oxygen atoms in total. The Balaban J connectivity index is 2.34. The van der Waals surface area contributed by atoms with E-state index in [0.717, 1.165) is 25.7 Å². The molecule has 0 aromatic carbocycles. The van der Waals surface area contributed by atoms with Crippen LogP contribution in [0.3, 0.4) is 0 Å². The fourth-order valence-electron chi connectivity index (χ4n) is 1.70. The number of alkyl halides is 1. The Labute approximate surface area is 74.3 Å². The zero-order chi connectivity index (χ0) is 9.03. The van der Waals surface area contributed by atoms with E-state index in [2.05, 4.69) is 6.92 Å². The highest BCUT2D eigenvalue weighted by Crippen LogP contribution is 2.26. The summed E-state index contributed by atoms with van der Waals surface area (Å²) in [7, 11) is 0. The van der Waals surface area contributed by atoms with Crippen molar-refractivity contribution in [3.05, 3.63) is 0 Å². The molecule has 12 heavy (non-hydrogen) atoms. The number of ether oxygens (including phenoxy) is 1. The van der Waals surface area contributed by atoms with Gasteiger partial charge in [0.2, 0.25) is 0 Å². The lowest BCUT2D eigenvalue weighted by atomic mass is 10.0. The monoisotopic (exact) mass is 174 g/mol. The van der Waals surface area contributed by atoms with Gasteiger partial charge in [-0.25, -0.2) is 4.39 Å². The normalized spacial score (nSPS) is 37.8. The van der Waals surface area contributed by atoms with E-state index in [9.17, 15) is 4.39 Å². The summed E-state index contributed by atoms with van der Waals surface area (Å²) in [6, 6.07) is 0. The van der Waals surface area contributed by atoms with Gasteiger partial charge < -0.3 is 4.74 Å². The molecule has 2 heteroatoms. The first-order chi connectivity index (χ1) is 5.64. The van der Waals surface area contributed by atoms with Crippen molar-refractivity contribution < 1.29 is 9.13 Å². The molecule has 0 aromatic rings. The van der Waals surface area contributed by atoms with Gasteiger partial charge in [0.1, 0.15) is 5.67 Å². The number of hydrogen-bond acceptors (Lipinski definition) is 1. The van der Waals surface area contributed by atoms with Gasteiger partial charge in [0, 0.05) is 0 Å². The van der Waals surface area contributed by atoms with Gasteiger partial charge in [-0.3, -0.25) is 0 Å². The van der Waals surface area contributed by atoms with Crippen LogP contribution in [-0.2, 0) is 4.74 Å². The maximum atomic E-state index is 13.4. The highest BCUT2D eigenvalue weighted by atomic mass is 19.1. The van der Waals surface area contributed by atoms with Crippen LogP contribution in [-0.4, -0.2) is 18.4 Å². The Hall–Kier alpha value is -0.110.